The highest BCUT2D eigenvalue weighted by molar-refractivity contribution is 9.10. The van der Waals surface area contributed by atoms with Crippen molar-refractivity contribution >= 4 is 39.3 Å². The van der Waals surface area contributed by atoms with Crippen LogP contribution in [0.25, 0.3) is 0 Å². The van der Waals surface area contributed by atoms with E-state index in [2.05, 4.69) is 21.2 Å². The third-order valence-electron chi connectivity index (χ3n) is 4.53. The summed E-state index contributed by atoms with van der Waals surface area (Å²) in [5, 5.41) is 2.82. The van der Waals surface area contributed by atoms with Crippen LogP contribution < -0.4 is 5.32 Å². The zero-order valence-corrected chi connectivity index (χ0v) is 14.8. The van der Waals surface area contributed by atoms with E-state index in [1.165, 1.54) is 4.90 Å². The lowest BCUT2D eigenvalue weighted by atomic mass is 9.85. The van der Waals surface area contributed by atoms with E-state index < -0.39 is 0 Å². The van der Waals surface area contributed by atoms with Crippen molar-refractivity contribution in [3.05, 3.63) is 40.9 Å². The summed E-state index contributed by atoms with van der Waals surface area (Å²) >= 11 is 3.38. The van der Waals surface area contributed by atoms with Gasteiger partial charge in [-0.3, -0.25) is 19.3 Å². The molecule has 1 aromatic carbocycles. The largest absolute Gasteiger partial charge is 0.325 e. The van der Waals surface area contributed by atoms with Crippen molar-refractivity contribution in [2.45, 2.75) is 25.7 Å². The van der Waals surface area contributed by atoms with Gasteiger partial charge >= 0.3 is 0 Å². The van der Waals surface area contributed by atoms with Gasteiger partial charge in [-0.2, -0.15) is 0 Å². The number of imide groups is 1. The summed E-state index contributed by atoms with van der Waals surface area (Å²) in [7, 11) is 0. The second-order valence-corrected chi connectivity index (χ2v) is 6.97. The standard InChI is InChI=1S/C18H19BrN2O3/c19-14-8-3-4-9-15(14)20-16(22)10-5-11-21-17(23)12-6-1-2-7-13(12)18(21)24/h1-4,8-9,12-13H,5-7,10-11H2,(H,20,22)/t12-,13-/m0/s1. The molecule has 1 saturated heterocycles. The fourth-order valence-electron chi connectivity index (χ4n) is 3.26. The molecule has 0 spiro atoms. The minimum absolute atomic E-state index is 0.0828. The molecule has 1 N–H and O–H groups in total. The lowest BCUT2D eigenvalue weighted by Crippen LogP contribution is -2.32. The molecule has 1 aliphatic heterocycles. The van der Waals surface area contributed by atoms with Gasteiger partial charge in [0.1, 0.15) is 0 Å². The summed E-state index contributed by atoms with van der Waals surface area (Å²) in [6, 6.07) is 7.39. The number of fused-ring (bicyclic) bond motifs is 1. The van der Waals surface area contributed by atoms with Gasteiger partial charge in [0.2, 0.25) is 17.7 Å². The molecular formula is C18H19BrN2O3. The lowest BCUT2D eigenvalue weighted by Gasteiger charge is -2.14. The van der Waals surface area contributed by atoms with E-state index in [9.17, 15) is 14.4 Å². The number of amides is 3. The topological polar surface area (TPSA) is 66.5 Å². The molecule has 0 saturated carbocycles. The Morgan fingerprint density at radius 1 is 1.12 bits per heavy atom. The Labute approximate surface area is 149 Å². The van der Waals surface area contributed by atoms with Crippen molar-refractivity contribution in [1.29, 1.82) is 0 Å². The van der Waals surface area contributed by atoms with Gasteiger partial charge in [-0.1, -0.05) is 24.3 Å². The molecule has 3 amide bonds. The molecule has 2 atom stereocenters. The van der Waals surface area contributed by atoms with E-state index in [1.54, 1.807) is 0 Å². The summed E-state index contributed by atoms with van der Waals surface area (Å²) in [6.07, 6.45) is 5.98. The van der Waals surface area contributed by atoms with Crippen LogP contribution in [0, 0.1) is 11.8 Å². The van der Waals surface area contributed by atoms with Gasteiger partial charge in [0, 0.05) is 17.4 Å². The molecule has 0 bridgehead atoms. The number of hydrogen-bond donors (Lipinski definition) is 1. The minimum atomic E-state index is -0.198. The lowest BCUT2D eigenvalue weighted by molar-refractivity contribution is -0.140. The second-order valence-electron chi connectivity index (χ2n) is 6.12. The monoisotopic (exact) mass is 390 g/mol. The molecule has 0 unspecified atom stereocenters. The van der Waals surface area contributed by atoms with E-state index >= 15 is 0 Å². The van der Waals surface area contributed by atoms with E-state index in [0.717, 1.165) is 4.47 Å². The van der Waals surface area contributed by atoms with Gasteiger partial charge in [-0.25, -0.2) is 0 Å². The number of likely N-dealkylation sites (tertiary alicyclic amines) is 1. The van der Waals surface area contributed by atoms with Crippen LogP contribution in [0.2, 0.25) is 0 Å². The quantitative estimate of drug-likeness (QED) is 0.620. The summed E-state index contributed by atoms with van der Waals surface area (Å²) < 4.78 is 0.819. The van der Waals surface area contributed by atoms with Crippen molar-refractivity contribution in [2.24, 2.45) is 11.8 Å². The van der Waals surface area contributed by atoms with Gasteiger partial charge in [0.15, 0.2) is 0 Å². The van der Waals surface area contributed by atoms with Crippen LogP contribution in [0.5, 0.6) is 0 Å². The highest BCUT2D eigenvalue weighted by atomic mass is 79.9. The predicted molar refractivity (Wildman–Crippen MR) is 94.1 cm³/mol. The highest BCUT2D eigenvalue weighted by Gasteiger charge is 2.46. The molecule has 126 valence electrons. The molecule has 1 aliphatic carbocycles. The van der Waals surface area contributed by atoms with E-state index in [-0.39, 0.29) is 36.0 Å². The normalized spacial score (nSPS) is 22.6. The zero-order valence-electron chi connectivity index (χ0n) is 13.2. The molecule has 1 aromatic rings. The van der Waals surface area contributed by atoms with Gasteiger partial charge in [-0.05, 0) is 47.3 Å². The van der Waals surface area contributed by atoms with Gasteiger partial charge in [0.05, 0.1) is 17.5 Å². The summed E-state index contributed by atoms with van der Waals surface area (Å²) in [6.45, 7) is 0.314. The van der Waals surface area contributed by atoms with Crippen LogP contribution in [0.4, 0.5) is 5.69 Å². The fraction of sp³-hybridized carbons (Fsp3) is 0.389. The van der Waals surface area contributed by atoms with Crippen molar-refractivity contribution in [3.8, 4) is 0 Å². The van der Waals surface area contributed by atoms with Crippen molar-refractivity contribution < 1.29 is 14.4 Å². The number of benzene rings is 1. The van der Waals surface area contributed by atoms with Crippen molar-refractivity contribution in [3.63, 3.8) is 0 Å². The Balaban J connectivity index is 1.50. The molecule has 5 nitrogen and oxygen atoms in total. The van der Waals surface area contributed by atoms with Crippen molar-refractivity contribution in [2.75, 3.05) is 11.9 Å². The second kappa shape index (κ2) is 7.30. The molecule has 1 fully saturated rings. The summed E-state index contributed by atoms with van der Waals surface area (Å²) in [5.74, 6) is -0.686. The van der Waals surface area contributed by atoms with E-state index in [0.29, 0.717) is 31.5 Å². The zero-order chi connectivity index (χ0) is 17.1. The number of carbonyl (C=O) groups excluding carboxylic acids is 3. The van der Waals surface area contributed by atoms with Crippen LogP contribution in [0.1, 0.15) is 25.7 Å². The maximum absolute atomic E-state index is 12.3. The smallest absolute Gasteiger partial charge is 0.233 e. The van der Waals surface area contributed by atoms with Crippen LogP contribution in [0.15, 0.2) is 40.9 Å². The molecule has 24 heavy (non-hydrogen) atoms. The average Bonchev–Trinajstić information content (AvgIpc) is 2.82. The number of carbonyl (C=O) groups is 3. The SMILES string of the molecule is O=C(CCCN1C(=O)[C@H]2CC=CC[C@@H]2C1=O)Nc1ccccc1Br. The number of rotatable bonds is 5. The average molecular weight is 391 g/mol. The maximum atomic E-state index is 12.3. The molecule has 0 aromatic heterocycles. The summed E-state index contributed by atoms with van der Waals surface area (Å²) in [5.41, 5.74) is 0.716. The number of allylic oxidation sites excluding steroid dienone is 2. The fourth-order valence-corrected chi connectivity index (χ4v) is 3.65. The molecule has 1 heterocycles. The van der Waals surface area contributed by atoms with Crippen LogP contribution in [-0.2, 0) is 14.4 Å². The summed E-state index contributed by atoms with van der Waals surface area (Å²) in [4.78, 5) is 38.0. The minimum Gasteiger partial charge on any atom is -0.325 e. The number of nitrogens with zero attached hydrogens (tertiary/aromatic N) is 1. The maximum Gasteiger partial charge on any atom is 0.233 e. The van der Waals surface area contributed by atoms with Crippen LogP contribution in [0.3, 0.4) is 0 Å². The van der Waals surface area contributed by atoms with Crippen LogP contribution in [-0.4, -0.2) is 29.2 Å². The van der Waals surface area contributed by atoms with E-state index in [1.807, 2.05) is 36.4 Å². The molecule has 0 radical (unpaired) electrons. The molecule has 6 heteroatoms. The Hall–Kier alpha value is -1.95. The first-order valence-corrected chi connectivity index (χ1v) is 8.92. The number of hydrogen-bond acceptors (Lipinski definition) is 3. The molecule has 3 rings (SSSR count). The van der Waals surface area contributed by atoms with Gasteiger partial charge < -0.3 is 5.32 Å². The van der Waals surface area contributed by atoms with Gasteiger partial charge in [0.25, 0.3) is 0 Å². The Morgan fingerprint density at radius 3 is 2.38 bits per heavy atom. The Morgan fingerprint density at radius 2 is 1.75 bits per heavy atom. The van der Waals surface area contributed by atoms with Crippen molar-refractivity contribution in [1.82, 2.24) is 4.90 Å². The number of anilines is 1. The number of halogens is 1. The van der Waals surface area contributed by atoms with Crippen LogP contribution >= 0.6 is 15.9 Å². The van der Waals surface area contributed by atoms with Gasteiger partial charge in [-0.15, -0.1) is 0 Å². The number of nitrogens with one attached hydrogen (secondary N) is 1. The molecule has 2 aliphatic rings. The highest BCUT2D eigenvalue weighted by Crippen LogP contribution is 2.35. The third kappa shape index (κ3) is 3.43. The number of para-hydroxylation sites is 1. The first-order valence-electron chi connectivity index (χ1n) is 8.12. The molecular weight excluding hydrogens is 372 g/mol. The Bertz CT molecular complexity index is 675. The Kier molecular flexibility index (Phi) is 5.14. The third-order valence-corrected chi connectivity index (χ3v) is 5.22. The predicted octanol–water partition coefficient (Wildman–Crippen LogP) is 3.12. The first kappa shape index (κ1) is 16.9. The first-order chi connectivity index (χ1) is 11.6. The van der Waals surface area contributed by atoms with E-state index in [4.69, 9.17) is 0 Å².